The first-order valence-corrected chi connectivity index (χ1v) is 8.64. The standard InChI is InChI=1S/C16H16BrClN4O4/c1-9-14(15(18)22(2)21-9)16(25)26-8-13(24)19-7-12(23)20-11-6-4-3-5-10(11)17/h3-6H,7-8H2,1-2H3,(H,19,24)(H,20,23). The van der Waals surface area contributed by atoms with Crippen LogP contribution in [-0.4, -0.2) is 40.7 Å². The van der Waals surface area contributed by atoms with Crippen LogP contribution in [0.3, 0.4) is 0 Å². The minimum atomic E-state index is -0.756. The fourth-order valence-electron chi connectivity index (χ4n) is 2.05. The Kier molecular flexibility index (Phi) is 6.76. The first kappa shape index (κ1) is 19.9. The molecule has 0 atom stereocenters. The van der Waals surface area contributed by atoms with Gasteiger partial charge in [0.1, 0.15) is 10.7 Å². The van der Waals surface area contributed by atoms with Gasteiger partial charge in [0.15, 0.2) is 6.61 Å². The number of aromatic nitrogens is 2. The van der Waals surface area contributed by atoms with E-state index < -0.39 is 24.4 Å². The zero-order chi connectivity index (χ0) is 19.3. The molecule has 2 rings (SSSR count). The molecule has 1 aromatic carbocycles. The van der Waals surface area contributed by atoms with Crippen LogP contribution in [-0.2, 0) is 21.4 Å². The smallest absolute Gasteiger partial charge is 0.343 e. The molecule has 0 fully saturated rings. The second-order valence-corrected chi connectivity index (χ2v) is 6.47. The van der Waals surface area contributed by atoms with Crippen molar-refractivity contribution >= 4 is 51.0 Å². The molecule has 0 radical (unpaired) electrons. The summed E-state index contributed by atoms with van der Waals surface area (Å²) in [5.41, 5.74) is 1.09. The van der Waals surface area contributed by atoms with Gasteiger partial charge in [-0.2, -0.15) is 5.10 Å². The fraction of sp³-hybridized carbons (Fsp3) is 0.250. The van der Waals surface area contributed by atoms with E-state index in [-0.39, 0.29) is 17.3 Å². The summed E-state index contributed by atoms with van der Waals surface area (Å²) in [5, 5.41) is 9.12. The summed E-state index contributed by atoms with van der Waals surface area (Å²) < 4.78 is 6.96. The minimum Gasteiger partial charge on any atom is -0.452 e. The lowest BCUT2D eigenvalue weighted by molar-refractivity contribution is -0.126. The van der Waals surface area contributed by atoms with Gasteiger partial charge in [0.25, 0.3) is 5.91 Å². The normalized spacial score (nSPS) is 10.3. The zero-order valence-electron chi connectivity index (χ0n) is 14.0. The van der Waals surface area contributed by atoms with E-state index in [1.807, 2.05) is 6.07 Å². The number of rotatable bonds is 6. The number of esters is 1. The van der Waals surface area contributed by atoms with Gasteiger partial charge in [-0.1, -0.05) is 23.7 Å². The van der Waals surface area contributed by atoms with Crippen molar-refractivity contribution in [1.82, 2.24) is 15.1 Å². The third-order valence-electron chi connectivity index (χ3n) is 3.28. The molecular formula is C16H16BrClN4O4. The summed E-state index contributed by atoms with van der Waals surface area (Å²) in [4.78, 5) is 35.6. The molecule has 0 aliphatic carbocycles. The number of aryl methyl sites for hydroxylation is 2. The quantitative estimate of drug-likeness (QED) is 0.665. The lowest BCUT2D eigenvalue weighted by Gasteiger charge is -2.09. The molecule has 0 bridgehead atoms. The van der Waals surface area contributed by atoms with Crippen LogP contribution in [0.25, 0.3) is 0 Å². The SMILES string of the molecule is Cc1nn(C)c(Cl)c1C(=O)OCC(=O)NCC(=O)Nc1ccccc1Br. The summed E-state index contributed by atoms with van der Waals surface area (Å²) >= 11 is 9.26. The average molecular weight is 444 g/mol. The van der Waals surface area contributed by atoms with Gasteiger partial charge >= 0.3 is 5.97 Å². The van der Waals surface area contributed by atoms with Crippen molar-refractivity contribution < 1.29 is 19.1 Å². The summed E-state index contributed by atoms with van der Waals surface area (Å²) in [7, 11) is 1.59. The molecule has 0 unspecified atom stereocenters. The first-order valence-electron chi connectivity index (χ1n) is 7.47. The largest absolute Gasteiger partial charge is 0.452 e. The molecule has 8 nitrogen and oxygen atoms in total. The fourth-order valence-corrected chi connectivity index (χ4v) is 2.69. The maximum atomic E-state index is 12.0. The van der Waals surface area contributed by atoms with Gasteiger partial charge in [-0.3, -0.25) is 14.3 Å². The number of nitrogens with one attached hydrogen (secondary N) is 2. The Morgan fingerprint density at radius 3 is 2.58 bits per heavy atom. The Morgan fingerprint density at radius 2 is 1.96 bits per heavy atom. The topological polar surface area (TPSA) is 102 Å². The number of halogens is 2. The Labute approximate surface area is 163 Å². The van der Waals surface area contributed by atoms with Crippen LogP contribution >= 0.6 is 27.5 Å². The molecule has 138 valence electrons. The lowest BCUT2D eigenvalue weighted by atomic mass is 10.3. The van der Waals surface area contributed by atoms with E-state index >= 15 is 0 Å². The lowest BCUT2D eigenvalue weighted by Crippen LogP contribution is -2.35. The van der Waals surface area contributed by atoms with E-state index in [4.69, 9.17) is 16.3 Å². The summed E-state index contributed by atoms with van der Waals surface area (Å²) in [6, 6.07) is 7.07. The van der Waals surface area contributed by atoms with Crippen LogP contribution in [0, 0.1) is 6.92 Å². The van der Waals surface area contributed by atoms with Crippen LogP contribution in [0.15, 0.2) is 28.7 Å². The van der Waals surface area contributed by atoms with Crippen LogP contribution in [0.2, 0.25) is 5.15 Å². The van der Waals surface area contributed by atoms with Gasteiger partial charge in [-0.15, -0.1) is 0 Å². The molecule has 0 aliphatic heterocycles. The van der Waals surface area contributed by atoms with E-state index in [1.54, 1.807) is 32.2 Å². The number of hydrogen-bond donors (Lipinski definition) is 2. The van der Waals surface area contributed by atoms with E-state index in [1.165, 1.54) is 4.68 Å². The monoisotopic (exact) mass is 442 g/mol. The molecule has 0 aliphatic rings. The van der Waals surface area contributed by atoms with Gasteiger partial charge in [0.2, 0.25) is 5.91 Å². The molecule has 0 saturated carbocycles. The molecule has 1 aromatic heterocycles. The highest BCUT2D eigenvalue weighted by atomic mass is 79.9. The van der Waals surface area contributed by atoms with Gasteiger partial charge in [-0.25, -0.2) is 4.79 Å². The molecule has 2 aromatic rings. The molecular weight excluding hydrogens is 428 g/mol. The number of benzene rings is 1. The highest BCUT2D eigenvalue weighted by molar-refractivity contribution is 9.10. The number of carbonyl (C=O) groups is 3. The number of anilines is 1. The molecule has 0 saturated heterocycles. The first-order chi connectivity index (χ1) is 12.3. The van der Waals surface area contributed by atoms with Gasteiger partial charge in [-0.05, 0) is 35.0 Å². The number of ether oxygens (including phenoxy) is 1. The van der Waals surface area contributed by atoms with E-state index in [2.05, 4.69) is 31.7 Å². The van der Waals surface area contributed by atoms with Crippen LogP contribution < -0.4 is 10.6 Å². The number of amides is 2. The Balaban J connectivity index is 1.79. The number of para-hydroxylation sites is 1. The Bertz CT molecular complexity index is 853. The molecule has 10 heteroatoms. The van der Waals surface area contributed by atoms with Gasteiger partial charge < -0.3 is 15.4 Å². The van der Waals surface area contributed by atoms with Gasteiger partial charge in [0.05, 0.1) is 17.9 Å². The molecule has 2 N–H and O–H groups in total. The van der Waals surface area contributed by atoms with Crippen molar-refractivity contribution in [1.29, 1.82) is 0 Å². The molecule has 0 spiro atoms. The van der Waals surface area contributed by atoms with Crippen LogP contribution in [0.4, 0.5) is 5.69 Å². The van der Waals surface area contributed by atoms with Crippen molar-refractivity contribution in [3.63, 3.8) is 0 Å². The Morgan fingerprint density at radius 1 is 1.27 bits per heavy atom. The van der Waals surface area contributed by atoms with Crippen molar-refractivity contribution in [3.05, 3.63) is 45.1 Å². The van der Waals surface area contributed by atoms with Crippen molar-refractivity contribution in [2.24, 2.45) is 7.05 Å². The molecule has 26 heavy (non-hydrogen) atoms. The number of carbonyl (C=O) groups excluding carboxylic acids is 3. The van der Waals surface area contributed by atoms with E-state index in [0.29, 0.717) is 11.4 Å². The highest BCUT2D eigenvalue weighted by Gasteiger charge is 2.21. The third kappa shape index (κ3) is 5.06. The summed E-state index contributed by atoms with van der Waals surface area (Å²) in [6.45, 7) is 0.810. The highest BCUT2D eigenvalue weighted by Crippen LogP contribution is 2.21. The van der Waals surface area contributed by atoms with Gasteiger partial charge in [0, 0.05) is 11.5 Å². The number of hydrogen-bond acceptors (Lipinski definition) is 5. The van der Waals surface area contributed by atoms with E-state index in [9.17, 15) is 14.4 Å². The summed E-state index contributed by atoms with van der Waals surface area (Å²) in [5.74, 6) is -1.78. The molecule has 2 amide bonds. The second kappa shape index (κ2) is 8.81. The van der Waals surface area contributed by atoms with Crippen molar-refractivity contribution in [2.75, 3.05) is 18.5 Å². The van der Waals surface area contributed by atoms with E-state index in [0.717, 1.165) is 4.47 Å². The number of nitrogens with zero attached hydrogens (tertiary/aromatic N) is 2. The summed E-state index contributed by atoms with van der Waals surface area (Å²) in [6.07, 6.45) is 0. The van der Waals surface area contributed by atoms with Crippen molar-refractivity contribution in [2.45, 2.75) is 6.92 Å². The second-order valence-electron chi connectivity index (χ2n) is 5.26. The average Bonchev–Trinajstić information content (AvgIpc) is 2.85. The minimum absolute atomic E-state index is 0.105. The maximum absolute atomic E-state index is 12.0. The third-order valence-corrected chi connectivity index (χ3v) is 4.41. The predicted molar refractivity (Wildman–Crippen MR) is 99.0 cm³/mol. The van der Waals surface area contributed by atoms with Crippen molar-refractivity contribution in [3.8, 4) is 0 Å². The predicted octanol–water partition coefficient (Wildman–Crippen LogP) is 2.06. The Hall–Kier alpha value is -2.39. The maximum Gasteiger partial charge on any atom is 0.343 e. The van der Waals surface area contributed by atoms with Crippen LogP contribution in [0.5, 0.6) is 0 Å². The van der Waals surface area contributed by atoms with Crippen LogP contribution in [0.1, 0.15) is 16.1 Å². The molecule has 1 heterocycles. The zero-order valence-corrected chi connectivity index (χ0v) is 16.3.